The molecule has 7 nitrogen and oxygen atoms in total. The van der Waals surface area contributed by atoms with Crippen LogP contribution in [0, 0.1) is 13.8 Å². The van der Waals surface area contributed by atoms with Crippen LogP contribution in [-0.4, -0.2) is 46.9 Å². The lowest BCUT2D eigenvalue weighted by molar-refractivity contribution is -0.121. The maximum Gasteiger partial charge on any atom is 0.340 e. The number of ether oxygens (including phenoxy) is 1. The monoisotopic (exact) mass is 397 g/mol. The van der Waals surface area contributed by atoms with Crippen LogP contribution < -0.4 is 5.32 Å². The number of carbonyl (C=O) groups excluding carboxylic acids is 3. The summed E-state index contributed by atoms with van der Waals surface area (Å²) in [5.41, 5.74) is 2.80. The molecule has 2 N–H and O–H groups in total. The average molecular weight is 397 g/mol. The summed E-state index contributed by atoms with van der Waals surface area (Å²) in [5.74, 6) is -0.771. The second kappa shape index (κ2) is 8.51. The van der Waals surface area contributed by atoms with Gasteiger partial charge >= 0.3 is 5.97 Å². The zero-order chi connectivity index (χ0) is 21.1. The van der Waals surface area contributed by atoms with E-state index in [9.17, 15) is 14.4 Å². The van der Waals surface area contributed by atoms with Gasteiger partial charge in [-0.2, -0.15) is 0 Å². The number of benzene rings is 1. The number of carbonyl (C=O) groups is 3. The van der Waals surface area contributed by atoms with Crippen molar-refractivity contribution in [3.8, 4) is 0 Å². The van der Waals surface area contributed by atoms with Gasteiger partial charge in [0.15, 0.2) is 0 Å². The first-order chi connectivity index (χ1) is 13.8. The summed E-state index contributed by atoms with van der Waals surface area (Å²) in [6.07, 6.45) is -0.0583. The van der Waals surface area contributed by atoms with E-state index in [-0.39, 0.29) is 30.4 Å². The Morgan fingerprint density at radius 1 is 1.17 bits per heavy atom. The Bertz CT molecular complexity index is 918. The van der Waals surface area contributed by atoms with Gasteiger partial charge in [-0.15, -0.1) is 0 Å². The van der Waals surface area contributed by atoms with Crippen LogP contribution in [-0.2, 0) is 9.53 Å². The number of hydrogen-bond acceptors (Lipinski definition) is 4. The molecule has 2 amide bonds. The minimum Gasteiger partial charge on any atom is -0.459 e. The number of rotatable bonds is 4. The second-order valence-electron chi connectivity index (χ2n) is 7.56. The van der Waals surface area contributed by atoms with E-state index in [0.29, 0.717) is 35.6 Å². The molecule has 0 bridgehead atoms. The van der Waals surface area contributed by atoms with Crippen molar-refractivity contribution in [1.82, 2.24) is 15.2 Å². The molecule has 1 saturated heterocycles. The highest BCUT2D eigenvalue weighted by atomic mass is 16.5. The van der Waals surface area contributed by atoms with Crippen molar-refractivity contribution < 1.29 is 19.1 Å². The number of hydrogen-bond donors (Lipinski definition) is 2. The molecule has 3 rings (SSSR count). The molecule has 29 heavy (non-hydrogen) atoms. The van der Waals surface area contributed by atoms with Crippen LogP contribution in [0.1, 0.15) is 64.0 Å². The lowest BCUT2D eigenvalue weighted by Crippen LogP contribution is -2.37. The molecule has 154 valence electrons. The van der Waals surface area contributed by atoms with Crippen LogP contribution in [0.3, 0.4) is 0 Å². The molecule has 1 fully saturated rings. The van der Waals surface area contributed by atoms with Gasteiger partial charge in [-0.05, 0) is 38.8 Å². The number of amides is 2. The van der Waals surface area contributed by atoms with E-state index in [1.54, 1.807) is 32.6 Å². The number of H-pyrrole nitrogens is 1. The third-order valence-corrected chi connectivity index (χ3v) is 5.07. The quantitative estimate of drug-likeness (QED) is 0.776. The van der Waals surface area contributed by atoms with Gasteiger partial charge in [-0.3, -0.25) is 9.59 Å². The Morgan fingerprint density at radius 3 is 2.52 bits per heavy atom. The van der Waals surface area contributed by atoms with E-state index >= 15 is 0 Å². The molecule has 1 aliphatic rings. The standard InChI is InChI=1S/C22H27N3O4/c1-13(2)29-22(28)19-14(3)20(24-15(19)4)21(27)25-11-10-23-18(26)12-17(25)16-8-6-5-7-9-16/h5-9,13,17,24H,10-12H2,1-4H3,(H,23,26). The van der Waals surface area contributed by atoms with Crippen LogP contribution in [0.15, 0.2) is 30.3 Å². The highest BCUT2D eigenvalue weighted by molar-refractivity contribution is 6.01. The third kappa shape index (κ3) is 4.34. The highest BCUT2D eigenvalue weighted by Crippen LogP contribution is 2.29. The molecule has 0 aliphatic carbocycles. The van der Waals surface area contributed by atoms with Gasteiger partial charge in [0.05, 0.1) is 24.1 Å². The molecule has 1 aromatic carbocycles. The van der Waals surface area contributed by atoms with Crippen LogP contribution in [0.5, 0.6) is 0 Å². The summed E-state index contributed by atoms with van der Waals surface area (Å²) in [6.45, 7) is 7.83. The summed E-state index contributed by atoms with van der Waals surface area (Å²) in [4.78, 5) is 42.9. The molecule has 0 saturated carbocycles. The molecular weight excluding hydrogens is 370 g/mol. The maximum atomic E-state index is 13.5. The molecule has 1 unspecified atom stereocenters. The Labute approximate surface area is 170 Å². The zero-order valence-electron chi connectivity index (χ0n) is 17.2. The smallest absolute Gasteiger partial charge is 0.340 e. The lowest BCUT2D eigenvalue weighted by atomic mass is 10.0. The second-order valence-corrected chi connectivity index (χ2v) is 7.56. The third-order valence-electron chi connectivity index (χ3n) is 5.07. The molecule has 1 aliphatic heterocycles. The first-order valence-corrected chi connectivity index (χ1v) is 9.82. The molecule has 0 radical (unpaired) electrons. The summed E-state index contributed by atoms with van der Waals surface area (Å²) in [7, 11) is 0. The maximum absolute atomic E-state index is 13.5. The van der Waals surface area contributed by atoms with Gasteiger partial charge in [0.1, 0.15) is 5.69 Å². The van der Waals surface area contributed by atoms with Gasteiger partial charge in [-0.1, -0.05) is 30.3 Å². The van der Waals surface area contributed by atoms with E-state index in [1.807, 2.05) is 30.3 Å². The van der Waals surface area contributed by atoms with Crippen molar-refractivity contribution in [2.24, 2.45) is 0 Å². The van der Waals surface area contributed by atoms with Gasteiger partial charge < -0.3 is 19.9 Å². The van der Waals surface area contributed by atoms with E-state index < -0.39 is 5.97 Å². The zero-order valence-corrected chi connectivity index (χ0v) is 17.2. The minimum atomic E-state index is -0.447. The Kier molecular flexibility index (Phi) is 6.06. The van der Waals surface area contributed by atoms with Gasteiger partial charge in [0, 0.05) is 18.8 Å². The first kappa shape index (κ1) is 20.6. The predicted octanol–water partition coefficient (Wildman–Crippen LogP) is 2.90. The highest BCUT2D eigenvalue weighted by Gasteiger charge is 2.33. The fourth-order valence-corrected chi connectivity index (χ4v) is 3.73. The Balaban J connectivity index is 1.97. The topological polar surface area (TPSA) is 91.5 Å². The molecule has 2 heterocycles. The number of nitrogens with one attached hydrogen (secondary N) is 2. The van der Waals surface area contributed by atoms with Crippen molar-refractivity contribution in [1.29, 1.82) is 0 Å². The van der Waals surface area contributed by atoms with Gasteiger partial charge in [0.2, 0.25) is 5.91 Å². The van der Waals surface area contributed by atoms with Crippen LogP contribution in [0.25, 0.3) is 0 Å². The van der Waals surface area contributed by atoms with Crippen molar-refractivity contribution in [2.75, 3.05) is 13.1 Å². The number of esters is 1. The summed E-state index contributed by atoms with van der Waals surface area (Å²) in [5, 5.41) is 2.83. The Morgan fingerprint density at radius 2 is 1.86 bits per heavy atom. The molecular formula is C22H27N3O4. The SMILES string of the molecule is Cc1[nH]c(C(=O)N2CCNC(=O)CC2c2ccccc2)c(C)c1C(=O)OC(C)C. The van der Waals surface area contributed by atoms with E-state index in [0.717, 1.165) is 5.56 Å². The largest absolute Gasteiger partial charge is 0.459 e. The predicted molar refractivity (Wildman–Crippen MR) is 109 cm³/mol. The van der Waals surface area contributed by atoms with Gasteiger partial charge in [0.25, 0.3) is 5.91 Å². The molecule has 1 aromatic heterocycles. The van der Waals surface area contributed by atoms with E-state index in [2.05, 4.69) is 10.3 Å². The molecule has 0 spiro atoms. The van der Waals surface area contributed by atoms with Crippen molar-refractivity contribution >= 4 is 17.8 Å². The number of aromatic amines is 1. The van der Waals surface area contributed by atoms with E-state index in [1.165, 1.54) is 0 Å². The van der Waals surface area contributed by atoms with Crippen molar-refractivity contribution in [3.05, 3.63) is 58.4 Å². The number of aromatic nitrogens is 1. The van der Waals surface area contributed by atoms with Crippen molar-refractivity contribution in [2.45, 2.75) is 46.3 Å². The van der Waals surface area contributed by atoms with Crippen LogP contribution >= 0.6 is 0 Å². The summed E-state index contributed by atoms with van der Waals surface area (Å²) >= 11 is 0. The van der Waals surface area contributed by atoms with Crippen molar-refractivity contribution in [3.63, 3.8) is 0 Å². The fraction of sp³-hybridized carbons (Fsp3) is 0.409. The van der Waals surface area contributed by atoms with Gasteiger partial charge in [-0.25, -0.2) is 4.79 Å². The Hall–Kier alpha value is -3.09. The minimum absolute atomic E-state index is 0.0882. The molecule has 7 heteroatoms. The average Bonchev–Trinajstić information content (AvgIpc) is 2.84. The lowest BCUT2D eigenvalue weighted by Gasteiger charge is -2.29. The van der Waals surface area contributed by atoms with Crippen LogP contribution in [0.2, 0.25) is 0 Å². The fourth-order valence-electron chi connectivity index (χ4n) is 3.73. The molecule has 1 atom stereocenters. The van der Waals surface area contributed by atoms with E-state index in [4.69, 9.17) is 4.74 Å². The normalized spacial score (nSPS) is 17.1. The van der Waals surface area contributed by atoms with Crippen LogP contribution in [0.4, 0.5) is 0 Å². The summed E-state index contributed by atoms with van der Waals surface area (Å²) in [6, 6.07) is 9.15. The summed E-state index contributed by atoms with van der Waals surface area (Å²) < 4.78 is 5.32. The molecule has 2 aromatic rings. The number of aryl methyl sites for hydroxylation is 1. The number of nitrogens with zero attached hydrogens (tertiary/aromatic N) is 1. The first-order valence-electron chi connectivity index (χ1n) is 9.82.